The number of hydrogen-bond donors (Lipinski definition) is 2. The Kier molecular flexibility index (Phi) is 7.57. The molecule has 2 N–H and O–H groups in total. The molecule has 0 aliphatic heterocycles. The van der Waals surface area contributed by atoms with Gasteiger partial charge in [0.1, 0.15) is 6.54 Å². The fraction of sp³-hybridized carbons (Fsp3) is 0.179. The average molecular weight is 529 g/mol. The van der Waals surface area contributed by atoms with Crippen LogP contribution in [0.15, 0.2) is 84.2 Å². The Labute approximate surface area is 223 Å². The summed E-state index contributed by atoms with van der Waals surface area (Å²) in [5.41, 5.74) is 5.35. The molecule has 0 aliphatic rings. The number of carbonyl (C=O) groups is 1. The molecule has 1 aromatic carbocycles. The first kappa shape index (κ1) is 25.3. The molecule has 0 fully saturated rings. The van der Waals surface area contributed by atoms with Gasteiger partial charge in [0.05, 0.1) is 23.4 Å². The first-order valence-electron chi connectivity index (χ1n) is 12.0. The highest BCUT2D eigenvalue weighted by Crippen LogP contribution is 2.23. The number of carboxylic acids is 1. The molecule has 0 saturated carbocycles. The molecule has 5 aromatic rings. The van der Waals surface area contributed by atoms with Crippen molar-refractivity contribution in [1.29, 1.82) is 0 Å². The van der Waals surface area contributed by atoms with E-state index in [1.54, 1.807) is 35.0 Å². The van der Waals surface area contributed by atoms with Crippen molar-refractivity contribution in [3.8, 4) is 0 Å². The van der Waals surface area contributed by atoms with E-state index in [9.17, 15) is 14.7 Å². The minimum atomic E-state index is -0.955. The fourth-order valence-corrected chi connectivity index (χ4v) is 4.48. The van der Waals surface area contributed by atoms with E-state index in [1.165, 1.54) is 10.7 Å². The van der Waals surface area contributed by atoms with Gasteiger partial charge in [-0.3, -0.25) is 24.2 Å². The van der Waals surface area contributed by atoms with Crippen LogP contribution >= 0.6 is 11.6 Å². The lowest BCUT2D eigenvalue weighted by atomic mass is 10.1. The Morgan fingerprint density at radius 2 is 1.84 bits per heavy atom. The van der Waals surface area contributed by atoms with Crippen LogP contribution in [0, 0.1) is 0 Å². The standard InChI is InChI=1S/C28H25ClN6O3/c29-22-5-7-26-24(11-22)25(33-35(26)18-28(37)38)16-31-14-21-10-20(12-30-13-21)9-19-4-6-23(32-15-19)17-34-8-2-1-3-27(34)36/h1-8,10-13,15,31H,9,14,16-18H2,(H,37,38). The van der Waals surface area contributed by atoms with Crippen molar-refractivity contribution < 1.29 is 9.90 Å². The lowest BCUT2D eigenvalue weighted by molar-refractivity contribution is -0.137. The van der Waals surface area contributed by atoms with Crippen LogP contribution in [0.25, 0.3) is 10.9 Å². The van der Waals surface area contributed by atoms with Crippen molar-refractivity contribution in [2.24, 2.45) is 0 Å². The number of pyridine rings is 3. The molecule has 38 heavy (non-hydrogen) atoms. The summed E-state index contributed by atoms with van der Waals surface area (Å²) < 4.78 is 3.10. The van der Waals surface area contributed by atoms with Crippen molar-refractivity contribution in [2.45, 2.75) is 32.6 Å². The third kappa shape index (κ3) is 6.13. The van der Waals surface area contributed by atoms with Gasteiger partial charge in [-0.15, -0.1) is 0 Å². The molecule has 0 spiro atoms. The second kappa shape index (κ2) is 11.4. The Balaban J connectivity index is 1.21. The van der Waals surface area contributed by atoms with Crippen molar-refractivity contribution in [1.82, 2.24) is 29.6 Å². The molecule has 5 rings (SSSR count). The number of aromatic nitrogens is 5. The number of benzene rings is 1. The fourth-order valence-electron chi connectivity index (χ4n) is 4.31. The predicted octanol–water partition coefficient (Wildman–Crippen LogP) is 3.65. The van der Waals surface area contributed by atoms with E-state index >= 15 is 0 Å². The van der Waals surface area contributed by atoms with Crippen LogP contribution in [0.1, 0.15) is 28.1 Å². The SMILES string of the molecule is O=C(O)Cn1nc(CNCc2cncc(Cc3ccc(Cn4ccccc4=O)nc3)c2)c2cc(Cl)ccc21. The molecule has 0 amide bonds. The molecule has 0 radical (unpaired) electrons. The van der Waals surface area contributed by atoms with Crippen LogP contribution in [-0.4, -0.2) is 35.4 Å². The molecule has 0 atom stereocenters. The third-order valence-corrected chi connectivity index (χ3v) is 6.31. The largest absolute Gasteiger partial charge is 0.480 e. The van der Waals surface area contributed by atoms with E-state index in [0.717, 1.165) is 39.0 Å². The van der Waals surface area contributed by atoms with Gasteiger partial charge in [-0.2, -0.15) is 5.10 Å². The maximum Gasteiger partial charge on any atom is 0.325 e. The number of fused-ring (bicyclic) bond motifs is 1. The number of carboxylic acid groups (broad SMARTS) is 1. The van der Waals surface area contributed by atoms with Gasteiger partial charge in [0.25, 0.3) is 5.56 Å². The van der Waals surface area contributed by atoms with Gasteiger partial charge in [0.2, 0.25) is 0 Å². The number of halogens is 1. The van der Waals surface area contributed by atoms with Gasteiger partial charge in [-0.1, -0.05) is 29.8 Å². The van der Waals surface area contributed by atoms with Crippen molar-refractivity contribution in [3.05, 3.63) is 123 Å². The first-order valence-corrected chi connectivity index (χ1v) is 12.4. The van der Waals surface area contributed by atoms with E-state index in [1.807, 2.05) is 36.8 Å². The Morgan fingerprint density at radius 3 is 2.63 bits per heavy atom. The van der Waals surface area contributed by atoms with Crippen LogP contribution in [-0.2, 0) is 37.4 Å². The van der Waals surface area contributed by atoms with Crippen LogP contribution in [0.5, 0.6) is 0 Å². The van der Waals surface area contributed by atoms with E-state index in [4.69, 9.17) is 11.6 Å². The van der Waals surface area contributed by atoms with Crippen LogP contribution in [0.4, 0.5) is 0 Å². The van der Waals surface area contributed by atoms with E-state index in [0.29, 0.717) is 31.1 Å². The lowest BCUT2D eigenvalue weighted by Crippen LogP contribution is -2.18. The molecule has 0 aliphatic carbocycles. The number of nitrogens with one attached hydrogen (secondary N) is 1. The molecular formula is C28H25ClN6O3. The van der Waals surface area contributed by atoms with Gasteiger partial charge in [-0.05, 0) is 47.0 Å². The smallest absolute Gasteiger partial charge is 0.325 e. The predicted molar refractivity (Wildman–Crippen MR) is 144 cm³/mol. The summed E-state index contributed by atoms with van der Waals surface area (Å²) in [6, 6.07) is 16.5. The van der Waals surface area contributed by atoms with Crippen LogP contribution < -0.4 is 10.9 Å². The highest BCUT2D eigenvalue weighted by molar-refractivity contribution is 6.31. The molecule has 192 valence electrons. The molecule has 0 unspecified atom stereocenters. The highest BCUT2D eigenvalue weighted by Gasteiger charge is 2.13. The van der Waals surface area contributed by atoms with Gasteiger partial charge in [0.15, 0.2) is 0 Å². The Morgan fingerprint density at radius 1 is 0.974 bits per heavy atom. The average Bonchev–Trinajstić information content (AvgIpc) is 3.22. The molecular weight excluding hydrogens is 504 g/mol. The monoisotopic (exact) mass is 528 g/mol. The van der Waals surface area contributed by atoms with Crippen LogP contribution in [0.3, 0.4) is 0 Å². The first-order chi connectivity index (χ1) is 18.4. The highest BCUT2D eigenvalue weighted by atomic mass is 35.5. The molecule has 9 nitrogen and oxygen atoms in total. The van der Waals surface area contributed by atoms with E-state index in [2.05, 4.69) is 26.4 Å². The minimum Gasteiger partial charge on any atom is -0.480 e. The van der Waals surface area contributed by atoms with Gasteiger partial charge >= 0.3 is 5.97 Å². The normalized spacial score (nSPS) is 11.2. The summed E-state index contributed by atoms with van der Waals surface area (Å²) in [6.07, 6.45) is 7.92. The summed E-state index contributed by atoms with van der Waals surface area (Å²) in [6.45, 7) is 1.23. The topological polar surface area (TPSA) is 115 Å². The molecule has 0 bridgehead atoms. The van der Waals surface area contributed by atoms with Crippen molar-refractivity contribution in [3.63, 3.8) is 0 Å². The molecule has 0 saturated heterocycles. The summed E-state index contributed by atoms with van der Waals surface area (Å²) in [4.78, 5) is 32.1. The van der Waals surface area contributed by atoms with Gasteiger partial charge in [0, 0.05) is 60.8 Å². The summed E-state index contributed by atoms with van der Waals surface area (Å²) in [5.74, 6) is -0.955. The number of hydrogen-bond acceptors (Lipinski definition) is 6. The molecule has 4 heterocycles. The third-order valence-electron chi connectivity index (χ3n) is 6.07. The van der Waals surface area contributed by atoms with E-state index in [-0.39, 0.29) is 12.1 Å². The summed E-state index contributed by atoms with van der Waals surface area (Å²) in [5, 5.41) is 18.5. The maximum absolute atomic E-state index is 11.9. The minimum absolute atomic E-state index is 0.0551. The zero-order valence-electron chi connectivity index (χ0n) is 20.4. The van der Waals surface area contributed by atoms with E-state index < -0.39 is 5.97 Å². The van der Waals surface area contributed by atoms with Gasteiger partial charge < -0.3 is 15.0 Å². The summed E-state index contributed by atoms with van der Waals surface area (Å²) in [7, 11) is 0. The second-order valence-electron chi connectivity index (χ2n) is 8.97. The quantitative estimate of drug-likeness (QED) is 0.284. The molecule has 4 aromatic heterocycles. The Bertz CT molecular complexity index is 1650. The summed E-state index contributed by atoms with van der Waals surface area (Å²) >= 11 is 6.17. The van der Waals surface area contributed by atoms with Crippen molar-refractivity contribution >= 4 is 28.5 Å². The number of nitrogens with zero attached hydrogens (tertiary/aromatic N) is 5. The maximum atomic E-state index is 11.9. The zero-order chi connectivity index (χ0) is 26.5. The van der Waals surface area contributed by atoms with Crippen LogP contribution in [0.2, 0.25) is 5.02 Å². The molecule has 10 heteroatoms. The lowest BCUT2D eigenvalue weighted by Gasteiger charge is -2.08. The zero-order valence-corrected chi connectivity index (χ0v) is 21.2. The number of rotatable bonds is 10. The van der Waals surface area contributed by atoms with Gasteiger partial charge in [-0.25, -0.2) is 0 Å². The Hall–Kier alpha value is -4.34. The van der Waals surface area contributed by atoms with Crippen molar-refractivity contribution in [2.75, 3.05) is 0 Å². The second-order valence-corrected chi connectivity index (χ2v) is 9.40. The number of aliphatic carboxylic acids is 1.